The van der Waals surface area contributed by atoms with Crippen molar-refractivity contribution in [1.82, 2.24) is 9.55 Å². The zero-order valence-electron chi connectivity index (χ0n) is 16.9. The summed E-state index contributed by atoms with van der Waals surface area (Å²) in [6.45, 7) is 4.24. The number of carbonyl (C=O) groups excluding carboxylic acids is 1. The Balaban J connectivity index is 1.99. The zero-order valence-corrected chi connectivity index (χ0v) is 16.9. The minimum atomic E-state index is -0.352. The first-order chi connectivity index (χ1) is 14.2. The smallest absolute Gasteiger partial charge is 0.338 e. The number of rotatable bonds is 6. The Morgan fingerprint density at radius 2 is 2.00 bits per heavy atom. The minimum absolute atomic E-state index is 0.306. The monoisotopic (exact) mass is 391 g/mol. The molecule has 0 radical (unpaired) electrons. The van der Waals surface area contributed by atoms with Crippen LogP contribution in [0, 0.1) is 0 Å². The number of nitrogens with one attached hydrogen (secondary N) is 1. The number of nitrogens with zero attached hydrogens (tertiary/aromatic N) is 2. The van der Waals surface area contributed by atoms with E-state index in [9.17, 15) is 4.79 Å². The molecule has 4 rings (SSSR count). The molecule has 0 bridgehead atoms. The number of hydrogen-bond acceptors (Lipinski definition) is 5. The van der Waals surface area contributed by atoms with Crippen molar-refractivity contribution in [3.63, 3.8) is 0 Å². The summed E-state index contributed by atoms with van der Waals surface area (Å²) in [4.78, 5) is 17.9. The van der Waals surface area contributed by atoms with Gasteiger partial charge in [-0.1, -0.05) is 37.6 Å². The minimum Gasteiger partial charge on any atom is -0.497 e. The van der Waals surface area contributed by atoms with Crippen LogP contribution >= 0.6 is 0 Å². The molecule has 0 fully saturated rings. The summed E-state index contributed by atoms with van der Waals surface area (Å²) >= 11 is 0. The van der Waals surface area contributed by atoms with Gasteiger partial charge in [0, 0.05) is 5.70 Å². The lowest BCUT2D eigenvalue weighted by Gasteiger charge is -2.31. The van der Waals surface area contributed by atoms with Gasteiger partial charge < -0.3 is 14.8 Å². The molecule has 29 heavy (non-hydrogen) atoms. The number of fused-ring (bicyclic) bond motifs is 3. The van der Waals surface area contributed by atoms with Gasteiger partial charge in [-0.05, 0) is 43.2 Å². The van der Waals surface area contributed by atoms with Gasteiger partial charge in [0.05, 0.1) is 36.4 Å². The van der Waals surface area contributed by atoms with Crippen molar-refractivity contribution >= 4 is 23.0 Å². The van der Waals surface area contributed by atoms with Crippen LogP contribution in [0.3, 0.4) is 0 Å². The molecule has 0 unspecified atom stereocenters. The van der Waals surface area contributed by atoms with Crippen molar-refractivity contribution in [2.24, 2.45) is 0 Å². The highest BCUT2D eigenvalue weighted by molar-refractivity contribution is 5.94. The van der Waals surface area contributed by atoms with Gasteiger partial charge in [-0.25, -0.2) is 9.78 Å². The molecule has 2 heterocycles. The van der Waals surface area contributed by atoms with E-state index in [1.54, 1.807) is 7.11 Å². The highest BCUT2D eigenvalue weighted by Gasteiger charge is 2.36. The van der Waals surface area contributed by atoms with Crippen molar-refractivity contribution < 1.29 is 14.3 Å². The summed E-state index contributed by atoms with van der Waals surface area (Å²) in [7, 11) is 1.64. The summed E-state index contributed by atoms with van der Waals surface area (Å²) in [5.41, 5.74) is 4.27. The first-order valence-corrected chi connectivity index (χ1v) is 9.96. The van der Waals surface area contributed by atoms with E-state index in [-0.39, 0.29) is 12.0 Å². The third-order valence-corrected chi connectivity index (χ3v) is 5.12. The van der Waals surface area contributed by atoms with Crippen LogP contribution in [0.1, 0.15) is 38.3 Å². The number of ether oxygens (including phenoxy) is 2. The topological polar surface area (TPSA) is 65.4 Å². The number of allylic oxidation sites excluding steroid dienone is 1. The summed E-state index contributed by atoms with van der Waals surface area (Å²) in [5, 5.41) is 3.40. The third-order valence-electron chi connectivity index (χ3n) is 5.12. The van der Waals surface area contributed by atoms with Crippen molar-refractivity contribution in [3.05, 3.63) is 65.4 Å². The molecule has 3 aromatic rings. The maximum Gasteiger partial charge on any atom is 0.338 e. The molecule has 0 saturated carbocycles. The molecule has 1 aliphatic rings. The molecule has 6 heteroatoms. The Labute approximate surface area is 170 Å². The van der Waals surface area contributed by atoms with Crippen LogP contribution in [0.25, 0.3) is 11.0 Å². The largest absolute Gasteiger partial charge is 0.497 e. The number of anilines is 1. The second-order valence-electron chi connectivity index (χ2n) is 6.96. The SMILES string of the molecule is CCCC1=C(C(=O)OCC)[C@@H](c2cccc(OC)c2)n2c(nc3ccccc32)N1. The summed E-state index contributed by atoms with van der Waals surface area (Å²) < 4.78 is 13.0. The van der Waals surface area contributed by atoms with Crippen LogP contribution in [-0.4, -0.2) is 29.2 Å². The van der Waals surface area contributed by atoms with Gasteiger partial charge in [-0.2, -0.15) is 0 Å². The molecular weight excluding hydrogens is 366 g/mol. The highest BCUT2D eigenvalue weighted by Crippen LogP contribution is 2.41. The number of carbonyl (C=O) groups is 1. The number of esters is 1. The number of methoxy groups -OCH3 is 1. The van der Waals surface area contributed by atoms with Crippen molar-refractivity contribution in [2.45, 2.75) is 32.7 Å². The van der Waals surface area contributed by atoms with Crippen LogP contribution in [0.5, 0.6) is 5.75 Å². The van der Waals surface area contributed by atoms with Crippen LogP contribution < -0.4 is 10.1 Å². The van der Waals surface area contributed by atoms with Gasteiger partial charge in [-0.15, -0.1) is 0 Å². The quantitative estimate of drug-likeness (QED) is 0.618. The van der Waals surface area contributed by atoms with E-state index in [2.05, 4.69) is 16.8 Å². The van der Waals surface area contributed by atoms with E-state index >= 15 is 0 Å². The molecule has 1 N–H and O–H groups in total. The Bertz CT molecular complexity index is 1080. The summed E-state index contributed by atoms with van der Waals surface area (Å²) in [5.74, 6) is 1.17. The van der Waals surface area contributed by atoms with Gasteiger partial charge in [0.2, 0.25) is 5.95 Å². The van der Waals surface area contributed by atoms with E-state index in [1.807, 2.05) is 55.5 Å². The van der Waals surface area contributed by atoms with Crippen LogP contribution in [0.15, 0.2) is 59.8 Å². The molecule has 6 nitrogen and oxygen atoms in total. The van der Waals surface area contributed by atoms with Gasteiger partial charge in [0.25, 0.3) is 0 Å². The van der Waals surface area contributed by atoms with Crippen LogP contribution in [0.2, 0.25) is 0 Å². The normalized spacial score (nSPS) is 15.8. The van der Waals surface area contributed by atoms with Crippen LogP contribution in [0.4, 0.5) is 5.95 Å². The van der Waals surface area contributed by atoms with Gasteiger partial charge in [0.1, 0.15) is 5.75 Å². The summed E-state index contributed by atoms with van der Waals surface area (Å²) in [6, 6.07) is 15.4. The molecule has 150 valence electrons. The third kappa shape index (κ3) is 3.35. The molecule has 2 aromatic carbocycles. The van der Waals surface area contributed by atoms with Gasteiger partial charge >= 0.3 is 5.97 Å². The lowest BCUT2D eigenvalue weighted by molar-refractivity contribution is -0.139. The molecule has 1 atom stereocenters. The molecule has 0 saturated heterocycles. The van der Waals surface area contributed by atoms with Crippen molar-refractivity contribution in [2.75, 3.05) is 19.0 Å². The Hall–Kier alpha value is -3.28. The first-order valence-electron chi connectivity index (χ1n) is 9.96. The fourth-order valence-corrected chi connectivity index (χ4v) is 3.91. The number of benzene rings is 2. The van der Waals surface area contributed by atoms with E-state index in [0.717, 1.165) is 46.8 Å². The fraction of sp³-hybridized carbons (Fsp3) is 0.304. The maximum absolute atomic E-state index is 13.1. The average molecular weight is 391 g/mol. The predicted octanol–water partition coefficient (Wildman–Crippen LogP) is 4.68. The summed E-state index contributed by atoms with van der Waals surface area (Å²) in [6.07, 6.45) is 1.63. The Morgan fingerprint density at radius 1 is 1.17 bits per heavy atom. The van der Waals surface area contributed by atoms with Crippen molar-refractivity contribution in [3.8, 4) is 5.75 Å². The fourth-order valence-electron chi connectivity index (χ4n) is 3.91. The maximum atomic E-state index is 13.1. The lowest BCUT2D eigenvalue weighted by Crippen LogP contribution is -2.29. The predicted molar refractivity (Wildman–Crippen MR) is 113 cm³/mol. The number of aromatic nitrogens is 2. The highest BCUT2D eigenvalue weighted by atomic mass is 16.5. The first kappa shape index (κ1) is 19.1. The van der Waals surface area contributed by atoms with E-state index in [1.165, 1.54) is 0 Å². The molecule has 0 amide bonds. The van der Waals surface area contributed by atoms with Gasteiger partial charge in [0.15, 0.2) is 0 Å². The zero-order chi connectivity index (χ0) is 20.4. The number of imidazole rings is 1. The molecule has 0 aliphatic carbocycles. The second-order valence-corrected chi connectivity index (χ2v) is 6.96. The lowest BCUT2D eigenvalue weighted by atomic mass is 9.93. The molecule has 1 aliphatic heterocycles. The number of hydrogen-bond donors (Lipinski definition) is 1. The average Bonchev–Trinajstić information content (AvgIpc) is 3.11. The van der Waals surface area contributed by atoms with E-state index in [0.29, 0.717) is 12.2 Å². The Kier molecular flexibility index (Phi) is 5.25. The Morgan fingerprint density at radius 3 is 2.76 bits per heavy atom. The van der Waals surface area contributed by atoms with E-state index < -0.39 is 0 Å². The standard InChI is InChI=1S/C23H25N3O3/c1-4-9-18-20(22(27)29-5-2)21(15-10-8-11-16(14-15)28-3)26-19-13-7-6-12-17(19)24-23(26)25-18/h6-8,10-14,21H,4-5,9H2,1-3H3,(H,24,25)/t21-/m1/s1. The van der Waals surface area contributed by atoms with Crippen LogP contribution in [-0.2, 0) is 9.53 Å². The van der Waals surface area contributed by atoms with E-state index in [4.69, 9.17) is 14.5 Å². The second kappa shape index (κ2) is 7.99. The molecular formula is C23H25N3O3. The van der Waals surface area contributed by atoms with Crippen molar-refractivity contribution in [1.29, 1.82) is 0 Å². The molecule has 1 aromatic heterocycles. The van der Waals surface area contributed by atoms with Gasteiger partial charge in [-0.3, -0.25) is 4.57 Å². The molecule has 0 spiro atoms. The number of para-hydroxylation sites is 2.